The molecule has 2 aromatic heterocycles. The molecule has 0 aliphatic carbocycles. The van der Waals surface area contributed by atoms with Crippen LogP contribution in [0.3, 0.4) is 0 Å². The molecule has 3 aromatic rings. The summed E-state index contributed by atoms with van der Waals surface area (Å²) in [4.78, 5) is 12.8. The minimum atomic E-state index is 0.145. The normalized spacial score (nSPS) is 13.7. The molecule has 0 radical (unpaired) electrons. The summed E-state index contributed by atoms with van der Waals surface area (Å²) in [7, 11) is 0. The third-order valence-corrected chi connectivity index (χ3v) is 4.02. The quantitative estimate of drug-likeness (QED) is 0.785. The second-order valence-corrected chi connectivity index (χ2v) is 5.70. The zero-order chi connectivity index (χ0) is 16.2. The molecule has 0 aliphatic heterocycles. The van der Waals surface area contributed by atoms with Crippen molar-refractivity contribution in [1.82, 2.24) is 24.8 Å². The minimum absolute atomic E-state index is 0.145. The Bertz CT molecular complexity index is 749. The van der Waals surface area contributed by atoms with Gasteiger partial charge in [0.25, 0.3) is 0 Å². The molecule has 0 saturated heterocycles. The van der Waals surface area contributed by atoms with Crippen LogP contribution in [-0.2, 0) is 0 Å². The molecule has 1 N–H and O–H groups in total. The maximum absolute atomic E-state index is 4.44. The fourth-order valence-corrected chi connectivity index (χ4v) is 2.74. The highest BCUT2D eigenvalue weighted by molar-refractivity contribution is 5.35. The molecule has 0 amide bonds. The first-order valence-electron chi connectivity index (χ1n) is 7.77. The lowest BCUT2D eigenvalue weighted by Gasteiger charge is -2.21. The Labute approximate surface area is 136 Å². The predicted molar refractivity (Wildman–Crippen MR) is 90.3 cm³/mol. The fraction of sp³-hybridized carbons (Fsp3) is 0.278. The predicted octanol–water partition coefficient (Wildman–Crippen LogP) is 3.38. The highest BCUT2D eigenvalue weighted by Crippen LogP contribution is 2.20. The number of rotatable bonds is 5. The fourth-order valence-electron chi connectivity index (χ4n) is 2.74. The molecule has 2 heterocycles. The van der Waals surface area contributed by atoms with Gasteiger partial charge in [0.05, 0.1) is 17.7 Å². The summed E-state index contributed by atoms with van der Waals surface area (Å²) in [6.07, 6.45) is 8.99. The van der Waals surface area contributed by atoms with Crippen molar-refractivity contribution in [3.63, 3.8) is 0 Å². The number of hydrogen-bond acceptors (Lipinski definition) is 4. The Kier molecular flexibility index (Phi) is 4.48. The Hall–Kier alpha value is -2.53. The lowest BCUT2D eigenvalue weighted by atomic mass is 10.1. The van der Waals surface area contributed by atoms with Gasteiger partial charge in [-0.05, 0) is 38.5 Å². The molecule has 5 nitrogen and oxygen atoms in total. The minimum Gasteiger partial charge on any atom is -0.306 e. The van der Waals surface area contributed by atoms with Gasteiger partial charge in [-0.1, -0.05) is 12.1 Å². The molecular formula is C18H21N5. The zero-order valence-electron chi connectivity index (χ0n) is 13.6. The van der Waals surface area contributed by atoms with Gasteiger partial charge in [-0.2, -0.15) is 0 Å². The van der Waals surface area contributed by atoms with Crippen LogP contribution in [0.15, 0.2) is 55.4 Å². The van der Waals surface area contributed by atoms with Crippen LogP contribution in [0, 0.1) is 6.92 Å². The van der Waals surface area contributed by atoms with Crippen molar-refractivity contribution in [2.45, 2.75) is 32.9 Å². The second kappa shape index (κ2) is 6.71. The zero-order valence-corrected chi connectivity index (χ0v) is 13.6. The van der Waals surface area contributed by atoms with E-state index in [-0.39, 0.29) is 12.1 Å². The Morgan fingerprint density at radius 2 is 1.70 bits per heavy atom. The van der Waals surface area contributed by atoms with Crippen LogP contribution in [0.25, 0.3) is 5.69 Å². The van der Waals surface area contributed by atoms with Crippen molar-refractivity contribution in [2.75, 3.05) is 0 Å². The molecule has 0 spiro atoms. The second-order valence-electron chi connectivity index (χ2n) is 5.70. The molecule has 0 bridgehead atoms. The van der Waals surface area contributed by atoms with Crippen molar-refractivity contribution in [1.29, 1.82) is 0 Å². The van der Waals surface area contributed by atoms with Gasteiger partial charge in [0, 0.05) is 42.6 Å². The lowest BCUT2D eigenvalue weighted by Crippen LogP contribution is -2.24. The van der Waals surface area contributed by atoms with E-state index in [9.17, 15) is 0 Å². The molecule has 5 heteroatoms. The van der Waals surface area contributed by atoms with Gasteiger partial charge < -0.3 is 9.88 Å². The van der Waals surface area contributed by atoms with Gasteiger partial charge in [0.1, 0.15) is 0 Å². The number of nitrogens with zero attached hydrogens (tertiary/aromatic N) is 4. The SMILES string of the molecule is Cc1nccnc1[C@@H](C)N[C@@H](C)c1ccc(-n2ccnc2)cc1. The van der Waals surface area contributed by atoms with Crippen molar-refractivity contribution in [3.05, 3.63) is 72.3 Å². The Morgan fingerprint density at radius 3 is 2.35 bits per heavy atom. The van der Waals surface area contributed by atoms with Crippen LogP contribution in [0.2, 0.25) is 0 Å². The van der Waals surface area contributed by atoms with Crippen molar-refractivity contribution in [3.8, 4) is 5.69 Å². The molecule has 1 aromatic carbocycles. The molecule has 0 fully saturated rings. The van der Waals surface area contributed by atoms with E-state index in [1.807, 2.05) is 17.7 Å². The third kappa shape index (κ3) is 3.46. The standard InChI is InChI=1S/C18H21N5/c1-13(22-15(3)18-14(2)20-8-9-21-18)16-4-6-17(7-5-16)23-11-10-19-12-23/h4-13,15,22H,1-3H3/t13-,15+/m0/s1. The highest BCUT2D eigenvalue weighted by Gasteiger charge is 2.14. The van der Waals surface area contributed by atoms with E-state index in [0.717, 1.165) is 17.1 Å². The third-order valence-electron chi connectivity index (χ3n) is 4.02. The maximum Gasteiger partial charge on any atom is 0.0991 e. The average molecular weight is 307 g/mol. The topological polar surface area (TPSA) is 55.6 Å². The number of hydrogen-bond donors (Lipinski definition) is 1. The molecule has 3 rings (SSSR count). The summed E-state index contributed by atoms with van der Waals surface area (Å²) >= 11 is 0. The Morgan fingerprint density at radius 1 is 0.957 bits per heavy atom. The van der Waals surface area contributed by atoms with E-state index in [0.29, 0.717) is 0 Å². The molecule has 118 valence electrons. The van der Waals surface area contributed by atoms with Crippen LogP contribution in [0.1, 0.15) is 42.9 Å². The van der Waals surface area contributed by atoms with E-state index in [1.165, 1.54) is 5.56 Å². The first-order valence-corrected chi connectivity index (χ1v) is 7.77. The summed E-state index contributed by atoms with van der Waals surface area (Å²) in [6.45, 7) is 6.27. The van der Waals surface area contributed by atoms with Crippen LogP contribution in [0.5, 0.6) is 0 Å². The average Bonchev–Trinajstić information content (AvgIpc) is 3.09. The van der Waals surface area contributed by atoms with Gasteiger partial charge in [-0.25, -0.2) is 4.98 Å². The van der Waals surface area contributed by atoms with Gasteiger partial charge >= 0.3 is 0 Å². The van der Waals surface area contributed by atoms with Gasteiger partial charge in [0.15, 0.2) is 0 Å². The molecule has 23 heavy (non-hydrogen) atoms. The van der Waals surface area contributed by atoms with E-state index in [4.69, 9.17) is 0 Å². The van der Waals surface area contributed by atoms with E-state index in [2.05, 4.69) is 58.4 Å². The van der Waals surface area contributed by atoms with Gasteiger partial charge in [-0.3, -0.25) is 9.97 Å². The van der Waals surface area contributed by atoms with E-state index < -0.39 is 0 Å². The number of aryl methyl sites for hydroxylation is 1. The van der Waals surface area contributed by atoms with Gasteiger partial charge in [0.2, 0.25) is 0 Å². The van der Waals surface area contributed by atoms with E-state index >= 15 is 0 Å². The van der Waals surface area contributed by atoms with Crippen molar-refractivity contribution < 1.29 is 0 Å². The maximum atomic E-state index is 4.44. The smallest absolute Gasteiger partial charge is 0.0991 e. The molecule has 0 unspecified atom stereocenters. The highest BCUT2D eigenvalue weighted by atomic mass is 15.0. The summed E-state index contributed by atoms with van der Waals surface area (Å²) < 4.78 is 1.99. The summed E-state index contributed by atoms with van der Waals surface area (Å²) in [5.41, 5.74) is 4.31. The summed E-state index contributed by atoms with van der Waals surface area (Å²) in [6, 6.07) is 8.86. The number of benzene rings is 1. The van der Waals surface area contributed by atoms with Gasteiger partial charge in [-0.15, -0.1) is 0 Å². The molecule has 0 saturated carbocycles. The number of nitrogens with one attached hydrogen (secondary N) is 1. The lowest BCUT2D eigenvalue weighted by molar-refractivity contribution is 0.483. The molecule has 2 atom stereocenters. The molecule has 0 aliphatic rings. The largest absolute Gasteiger partial charge is 0.306 e. The van der Waals surface area contributed by atoms with E-state index in [1.54, 1.807) is 24.9 Å². The first kappa shape index (κ1) is 15.4. The van der Waals surface area contributed by atoms with Crippen molar-refractivity contribution >= 4 is 0 Å². The van der Waals surface area contributed by atoms with Crippen LogP contribution < -0.4 is 5.32 Å². The summed E-state index contributed by atoms with van der Waals surface area (Å²) in [5, 5.41) is 3.59. The Balaban J connectivity index is 1.71. The van der Waals surface area contributed by atoms with Crippen LogP contribution >= 0.6 is 0 Å². The first-order chi connectivity index (χ1) is 11.1. The van der Waals surface area contributed by atoms with Crippen LogP contribution in [-0.4, -0.2) is 19.5 Å². The van der Waals surface area contributed by atoms with Crippen LogP contribution in [0.4, 0.5) is 0 Å². The molecular weight excluding hydrogens is 286 g/mol. The number of aromatic nitrogens is 4. The van der Waals surface area contributed by atoms with Crippen molar-refractivity contribution in [2.24, 2.45) is 0 Å². The number of imidazole rings is 1. The summed E-state index contributed by atoms with van der Waals surface area (Å²) in [5.74, 6) is 0. The monoisotopic (exact) mass is 307 g/mol.